The first kappa shape index (κ1) is 7.32. The van der Waals surface area contributed by atoms with E-state index in [0.717, 1.165) is 13.6 Å². The van der Waals surface area contributed by atoms with Crippen LogP contribution in [0.3, 0.4) is 0 Å². The smallest absolute Gasteiger partial charge is 0.157 e. The van der Waals surface area contributed by atoms with Crippen molar-refractivity contribution in [2.24, 2.45) is 0 Å². The highest BCUT2D eigenvalue weighted by molar-refractivity contribution is 6.53. The van der Waals surface area contributed by atoms with Crippen LogP contribution in [0.5, 0.6) is 0 Å². The molecule has 0 saturated carbocycles. The van der Waals surface area contributed by atoms with E-state index in [1.807, 2.05) is 12.1 Å². The molecule has 0 aliphatic carbocycles. The van der Waals surface area contributed by atoms with Crippen molar-refractivity contribution < 1.29 is 4.39 Å². The van der Waals surface area contributed by atoms with Gasteiger partial charge < -0.3 is 0 Å². The Bertz CT molecular complexity index is 193. The van der Waals surface area contributed by atoms with E-state index in [0.29, 0.717) is 0 Å². The van der Waals surface area contributed by atoms with Gasteiger partial charge in [0.1, 0.15) is 5.82 Å². The van der Waals surface area contributed by atoms with Crippen molar-refractivity contribution in [3.63, 3.8) is 0 Å². The minimum absolute atomic E-state index is 0.153. The topological polar surface area (TPSA) is 0 Å². The maximum absolute atomic E-state index is 12.3. The molecule has 0 aliphatic rings. The molecule has 0 nitrogen and oxygen atoms in total. The van der Waals surface area contributed by atoms with Crippen molar-refractivity contribution in [1.29, 1.82) is 0 Å². The third kappa shape index (κ3) is 1.87. The van der Waals surface area contributed by atoms with Crippen molar-refractivity contribution in [2.45, 2.75) is 13.2 Å². The fourth-order valence-corrected chi connectivity index (χ4v) is 0.940. The van der Waals surface area contributed by atoms with Crippen LogP contribution >= 0.6 is 0 Å². The van der Waals surface area contributed by atoms with Gasteiger partial charge in [-0.1, -0.05) is 30.8 Å². The van der Waals surface area contributed by atoms with E-state index >= 15 is 0 Å². The van der Waals surface area contributed by atoms with Gasteiger partial charge in [-0.2, -0.15) is 0 Å². The molecule has 2 heteroatoms. The van der Waals surface area contributed by atoms with Crippen molar-refractivity contribution in [1.82, 2.24) is 0 Å². The van der Waals surface area contributed by atoms with Gasteiger partial charge >= 0.3 is 0 Å². The van der Waals surface area contributed by atoms with Crippen molar-refractivity contribution >= 4 is 12.7 Å². The third-order valence-corrected chi connectivity index (χ3v) is 1.45. The summed E-state index contributed by atoms with van der Waals surface area (Å²) in [5.74, 6) is -0.153. The summed E-state index contributed by atoms with van der Waals surface area (Å²) < 4.78 is 12.3. The van der Waals surface area contributed by atoms with Crippen molar-refractivity contribution in [2.75, 3.05) is 0 Å². The first-order valence-corrected chi connectivity index (χ1v) is 3.57. The molecule has 0 spiro atoms. The summed E-state index contributed by atoms with van der Waals surface area (Å²) in [6.07, 6.45) is 1.12. The Morgan fingerprint density at radius 2 is 1.90 bits per heavy atom. The lowest BCUT2D eigenvalue weighted by molar-refractivity contribution is 0.628. The molecular weight excluding hydrogens is 126 g/mol. The lowest BCUT2D eigenvalue weighted by Crippen LogP contribution is -2.11. The lowest BCUT2D eigenvalue weighted by Gasteiger charge is -1.93. The number of halogens is 1. The van der Waals surface area contributed by atoms with E-state index in [9.17, 15) is 4.39 Å². The molecule has 0 unspecified atom stereocenters. The minimum atomic E-state index is -0.153. The van der Waals surface area contributed by atoms with Crippen LogP contribution < -0.4 is 5.46 Å². The van der Waals surface area contributed by atoms with Crippen LogP contribution in [0.15, 0.2) is 24.3 Å². The van der Waals surface area contributed by atoms with Crippen LogP contribution in [0.4, 0.5) is 4.39 Å². The van der Waals surface area contributed by atoms with E-state index in [-0.39, 0.29) is 5.82 Å². The van der Waals surface area contributed by atoms with Gasteiger partial charge in [0.15, 0.2) is 7.28 Å². The van der Waals surface area contributed by atoms with Gasteiger partial charge in [-0.25, -0.2) is 4.39 Å². The average molecular weight is 136 g/mol. The molecule has 0 N–H and O–H groups in total. The summed E-state index contributed by atoms with van der Waals surface area (Å²) in [4.78, 5) is 0. The Morgan fingerprint density at radius 3 is 2.40 bits per heavy atom. The molecule has 0 bridgehead atoms. The molecule has 0 atom stereocenters. The third-order valence-electron chi connectivity index (χ3n) is 1.45. The Labute approximate surface area is 61.3 Å². The highest BCUT2D eigenvalue weighted by atomic mass is 19.1. The van der Waals surface area contributed by atoms with E-state index in [1.165, 1.54) is 17.6 Å². The zero-order valence-electron chi connectivity index (χ0n) is 6.10. The normalized spacial score (nSPS) is 9.40. The quantitative estimate of drug-likeness (QED) is 0.538. The summed E-state index contributed by atoms with van der Waals surface area (Å²) in [6, 6.07) is 6.67. The molecule has 0 saturated heterocycles. The van der Waals surface area contributed by atoms with Gasteiger partial charge in [0.2, 0.25) is 0 Å². The van der Waals surface area contributed by atoms with Gasteiger partial charge in [0.05, 0.1) is 0 Å². The highest BCUT2D eigenvalue weighted by Crippen LogP contribution is 1.92. The maximum Gasteiger partial charge on any atom is 0.157 e. The predicted molar refractivity (Wildman–Crippen MR) is 43.7 cm³/mol. The largest absolute Gasteiger partial charge is 0.207 e. The molecule has 0 aliphatic heterocycles. The Morgan fingerprint density at radius 1 is 1.30 bits per heavy atom. The van der Waals surface area contributed by atoms with E-state index in [2.05, 4.69) is 6.92 Å². The molecule has 52 valence electrons. The molecule has 0 fully saturated rings. The minimum Gasteiger partial charge on any atom is -0.207 e. The van der Waals surface area contributed by atoms with Gasteiger partial charge in [-0.15, -0.1) is 0 Å². The number of benzene rings is 1. The molecule has 1 aromatic rings. The van der Waals surface area contributed by atoms with Crippen LogP contribution in [0.2, 0.25) is 6.32 Å². The standard InChI is InChI=1S/C8H10BF/c1-2-9-7-3-5-8(10)6-4-7/h3-6,9H,2H2,1H3. The first-order valence-electron chi connectivity index (χ1n) is 3.57. The lowest BCUT2D eigenvalue weighted by atomic mass is 9.68. The molecule has 0 aromatic heterocycles. The van der Waals surface area contributed by atoms with Gasteiger partial charge in [0, 0.05) is 0 Å². The zero-order valence-corrected chi connectivity index (χ0v) is 6.10. The van der Waals surface area contributed by atoms with Gasteiger partial charge in [-0.3, -0.25) is 0 Å². The van der Waals surface area contributed by atoms with Crippen LogP contribution in [-0.2, 0) is 0 Å². The number of hydrogen-bond donors (Lipinski definition) is 0. The maximum atomic E-state index is 12.3. The Balaban J connectivity index is 2.69. The van der Waals surface area contributed by atoms with E-state index in [1.54, 1.807) is 0 Å². The van der Waals surface area contributed by atoms with Crippen LogP contribution in [0, 0.1) is 5.82 Å². The zero-order chi connectivity index (χ0) is 7.40. The second kappa shape index (κ2) is 3.40. The monoisotopic (exact) mass is 136 g/mol. The SMILES string of the molecule is CCBc1ccc(F)cc1. The Kier molecular flexibility index (Phi) is 2.49. The van der Waals surface area contributed by atoms with Crippen LogP contribution in [-0.4, -0.2) is 7.28 Å². The predicted octanol–water partition coefficient (Wildman–Crippen LogP) is 1.33. The van der Waals surface area contributed by atoms with Crippen molar-refractivity contribution in [3.05, 3.63) is 30.1 Å². The number of hydrogen-bond acceptors (Lipinski definition) is 0. The summed E-state index contributed by atoms with van der Waals surface area (Å²) in [5.41, 5.74) is 1.21. The molecule has 0 amide bonds. The number of rotatable bonds is 2. The average Bonchev–Trinajstić information content (AvgIpc) is 1.95. The van der Waals surface area contributed by atoms with Crippen LogP contribution in [0.25, 0.3) is 0 Å². The molecule has 1 aromatic carbocycles. The first-order chi connectivity index (χ1) is 4.83. The van der Waals surface area contributed by atoms with E-state index in [4.69, 9.17) is 0 Å². The van der Waals surface area contributed by atoms with Gasteiger partial charge in [-0.05, 0) is 12.1 Å². The Hall–Kier alpha value is -0.785. The summed E-state index contributed by atoms with van der Waals surface area (Å²) in [5, 5.41) is 0. The van der Waals surface area contributed by atoms with E-state index < -0.39 is 0 Å². The second-order valence-corrected chi connectivity index (χ2v) is 2.38. The van der Waals surface area contributed by atoms with Gasteiger partial charge in [0.25, 0.3) is 0 Å². The summed E-state index contributed by atoms with van der Waals surface area (Å²) in [7, 11) is 1.04. The van der Waals surface area contributed by atoms with Crippen molar-refractivity contribution in [3.8, 4) is 0 Å². The molecular formula is C8H10BF. The fraction of sp³-hybridized carbons (Fsp3) is 0.250. The fourth-order valence-electron chi connectivity index (χ4n) is 0.940. The molecule has 0 radical (unpaired) electrons. The molecule has 10 heavy (non-hydrogen) atoms. The van der Waals surface area contributed by atoms with Crippen LogP contribution in [0.1, 0.15) is 6.92 Å². The molecule has 1 rings (SSSR count). The highest BCUT2D eigenvalue weighted by Gasteiger charge is 1.92. The summed E-state index contributed by atoms with van der Waals surface area (Å²) in [6.45, 7) is 2.11. The molecule has 0 heterocycles. The summed E-state index contributed by atoms with van der Waals surface area (Å²) >= 11 is 0. The second-order valence-electron chi connectivity index (χ2n) is 2.38.